The lowest BCUT2D eigenvalue weighted by Gasteiger charge is -2.23. The smallest absolute Gasteiger partial charge is 0.231 e. The highest BCUT2D eigenvalue weighted by Gasteiger charge is 2.26. The van der Waals surface area contributed by atoms with E-state index in [4.69, 9.17) is 5.73 Å². The molecule has 1 heterocycles. The Hall–Kier alpha value is -1.62. The zero-order valence-corrected chi connectivity index (χ0v) is 10.8. The fraction of sp³-hybridized carbons (Fsp3) is 0.500. The topological polar surface area (TPSA) is 71.2 Å². The highest BCUT2D eigenvalue weighted by molar-refractivity contribution is 5.97. The lowest BCUT2D eigenvalue weighted by Crippen LogP contribution is -2.37. The van der Waals surface area contributed by atoms with E-state index < -0.39 is 5.41 Å². The van der Waals surface area contributed by atoms with Crippen LogP contribution in [0.15, 0.2) is 18.3 Å². The number of pyridine rings is 1. The van der Waals surface area contributed by atoms with Crippen LogP contribution in [0.25, 0.3) is 0 Å². The number of aromatic nitrogens is 1. The van der Waals surface area contributed by atoms with Gasteiger partial charge in [0.1, 0.15) is 0 Å². The Morgan fingerprint density at radius 2 is 2.18 bits per heavy atom. The molecule has 0 aliphatic heterocycles. The number of nitrogens with one attached hydrogen (secondary N) is 1. The number of rotatable bonds is 4. The number of carbonyl (C=O) groups is 1. The van der Waals surface area contributed by atoms with Gasteiger partial charge >= 0.3 is 0 Å². The van der Waals surface area contributed by atoms with Crippen molar-refractivity contribution in [1.29, 1.82) is 0 Å². The van der Waals surface area contributed by atoms with E-state index in [-0.39, 0.29) is 5.91 Å². The van der Waals surface area contributed by atoms with Gasteiger partial charge in [-0.2, -0.15) is 0 Å². The zero-order chi connectivity index (χ0) is 13.1. The second-order valence-corrected chi connectivity index (χ2v) is 4.81. The molecule has 1 amide bonds. The molecule has 0 radical (unpaired) electrons. The molecule has 0 aliphatic rings. The number of amides is 1. The minimum absolute atomic E-state index is 0.101. The van der Waals surface area contributed by atoms with Crippen molar-refractivity contribution in [3.05, 3.63) is 18.3 Å². The fourth-order valence-electron chi connectivity index (χ4n) is 1.24. The second kappa shape index (κ2) is 5.14. The van der Waals surface area contributed by atoms with E-state index in [0.717, 1.165) is 5.82 Å². The third kappa shape index (κ3) is 3.17. The van der Waals surface area contributed by atoms with Crippen LogP contribution in [0.5, 0.6) is 0 Å². The summed E-state index contributed by atoms with van der Waals surface area (Å²) in [5.41, 5.74) is 5.69. The molecule has 94 valence electrons. The molecule has 1 aromatic rings. The number of hydrogen-bond acceptors (Lipinski definition) is 4. The van der Waals surface area contributed by atoms with Gasteiger partial charge in [0.15, 0.2) is 5.82 Å². The van der Waals surface area contributed by atoms with Gasteiger partial charge in [-0.3, -0.25) is 4.79 Å². The normalized spacial score (nSPS) is 11.1. The number of carbonyl (C=O) groups excluding carboxylic acids is 1. The molecule has 0 aliphatic carbocycles. The van der Waals surface area contributed by atoms with E-state index in [2.05, 4.69) is 10.3 Å². The van der Waals surface area contributed by atoms with Crippen LogP contribution in [0, 0.1) is 5.41 Å². The molecule has 0 bridgehead atoms. The molecule has 0 saturated heterocycles. The Labute approximate surface area is 102 Å². The summed E-state index contributed by atoms with van der Waals surface area (Å²) in [4.78, 5) is 18.1. The van der Waals surface area contributed by atoms with Gasteiger partial charge in [0, 0.05) is 26.8 Å². The van der Waals surface area contributed by atoms with Gasteiger partial charge in [0.05, 0.1) is 11.1 Å². The Morgan fingerprint density at radius 3 is 2.71 bits per heavy atom. The van der Waals surface area contributed by atoms with Crippen molar-refractivity contribution in [2.75, 3.05) is 30.9 Å². The van der Waals surface area contributed by atoms with Crippen LogP contribution in [0.1, 0.15) is 13.8 Å². The van der Waals surface area contributed by atoms with Crippen LogP contribution in [0.4, 0.5) is 11.5 Å². The molecule has 1 aromatic heterocycles. The maximum atomic E-state index is 12.0. The third-order valence-electron chi connectivity index (χ3n) is 2.58. The van der Waals surface area contributed by atoms with Crippen LogP contribution < -0.4 is 16.0 Å². The standard InChI is InChI=1S/C12H20N4O/c1-12(2,8-13)11(17)15-9-6-5-7-14-10(9)16(3)4/h5-7H,8,13H2,1-4H3,(H,15,17). The quantitative estimate of drug-likeness (QED) is 0.820. The van der Waals surface area contributed by atoms with Crippen molar-refractivity contribution < 1.29 is 4.79 Å². The van der Waals surface area contributed by atoms with Gasteiger partial charge in [-0.25, -0.2) is 4.98 Å². The molecule has 0 fully saturated rings. The second-order valence-electron chi connectivity index (χ2n) is 4.81. The van der Waals surface area contributed by atoms with Gasteiger partial charge < -0.3 is 16.0 Å². The van der Waals surface area contributed by atoms with Crippen molar-refractivity contribution in [3.8, 4) is 0 Å². The lowest BCUT2D eigenvalue weighted by molar-refractivity contribution is -0.123. The lowest BCUT2D eigenvalue weighted by atomic mass is 9.92. The highest BCUT2D eigenvalue weighted by atomic mass is 16.2. The van der Waals surface area contributed by atoms with Crippen LogP contribution in [0.2, 0.25) is 0 Å². The van der Waals surface area contributed by atoms with Crippen molar-refractivity contribution in [3.63, 3.8) is 0 Å². The Balaban J connectivity index is 2.93. The van der Waals surface area contributed by atoms with E-state index in [9.17, 15) is 4.79 Å². The SMILES string of the molecule is CN(C)c1ncccc1NC(=O)C(C)(C)CN. The van der Waals surface area contributed by atoms with Crippen LogP contribution in [0.3, 0.4) is 0 Å². The summed E-state index contributed by atoms with van der Waals surface area (Å²) in [7, 11) is 3.76. The monoisotopic (exact) mass is 236 g/mol. The summed E-state index contributed by atoms with van der Waals surface area (Å²) in [5, 5.41) is 2.86. The molecule has 0 unspecified atom stereocenters. The van der Waals surface area contributed by atoms with Crippen molar-refractivity contribution in [1.82, 2.24) is 4.98 Å². The first-order chi connectivity index (χ1) is 7.88. The van der Waals surface area contributed by atoms with E-state index in [1.54, 1.807) is 12.3 Å². The molecule has 0 aromatic carbocycles. The molecule has 1 rings (SSSR count). The Kier molecular flexibility index (Phi) is 4.07. The van der Waals surface area contributed by atoms with Gasteiger partial charge in [0.2, 0.25) is 5.91 Å². The maximum absolute atomic E-state index is 12.0. The molecular weight excluding hydrogens is 216 g/mol. The molecule has 0 saturated carbocycles. The van der Waals surface area contributed by atoms with E-state index in [1.807, 2.05) is 38.9 Å². The fourth-order valence-corrected chi connectivity index (χ4v) is 1.24. The Bertz CT molecular complexity index is 401. The summed E-state index contributed by atoms with van der Waals surface area (Å²) in [6, 6.07) is 3.62. The van der Waals surface area contributed by atoms with Crippen molar-refractivity contribution in [2.24, 2.45) is 11.1 Å². The maximum Gasteiger partial charge on any atom is 0.231 e. The summed E-state index contributed by atoms with van der Waals surface area (Å²) >= 11 is 0. The largest absolute Gasteiger partial charge is 0.361 e. The summed E-state index contributed by atoms with van der Waals surface area (Å²) in [6.07, 6.45) is 1.69. The van der Waals surface area contributed by atoms with E-state index in [0.29, 0.717) is 12.2 Å². The average molecular weight is 236 g/mol. The van der Waals surface area contributed by atoms with Crippen LogP contribution in [-0.2, 0) is 4.79 Å². The first-order valence-corrected chi connectivity index (χ1v) is 5.52. The number of hydrogen-bond donors (Lipinski definition) is 2. The van der Waals surface area contributed by atoms with Crippen LogP contribution in [-0.4, -0.2) is 31.5 Å². The van der Waals surface area contributed by atoms with Crippen molar-refractivity contribution in [2.45, 2.75) is 13.8 Å². The summed E-state index contributed by atoms with van der Waals surface area (Å²) in [6.45, 7) is 3.93. The van der Waals surface area contributed by atoms with Gasteiger partial charge in [-0.1, -0.05) is 0 Å². The first kappa shape index (κ1) is 13.4. The zero-order valence-electron chi connectivity index (χ0n) is 10.8. The third-order valence-corrected chi connectivity index (χ3v) is 2.58. The molecule has 5 heteroatoms. The predicted molar refractivity (Wildman–Crippen MR) is 70.0 cm³/mol. The first-order valence-electron chi connectivity index (χ1n) is 5.52. The van der Waals surface area contributed by atoms with E-state index >= 15 is 0 Å². The average Bonchev–Trinajstić information content (AvgIpc) is 2.29. The molecule has 17 heavy (non-hydrogen) atoms. The highest BCUT2D eigenvalue weighted by Crippen LogP contribution is 2.23. The van der Waals surface area contributed by atoms with Gasteiger partial charge in [-0.05, 0) is 26.0 Å². The van der Waals surface area contributed by atoms with Crippen molar-refractivity contribution >= 4 is 17.4 Å². The van der Waals surface area contributed by atoms with Crippen LogP contribution >= 0.6 is 0 Å². The number of nitrogens with zero attached hydrogens (tertiary/aromatic N) is 2. The van der Waals surface area contributed by atoms with Gasteiger partial charge in [-0.15, -0.1) is 0 Å². The summed E-state index contributed by atoms with van der Waals surface area (Å²) < 4.78 is 0. The molecule has 3 N–H and O–H groups in total. The molecule has 0 atom stereocenters. The minimum atomic E-state index is -0.584. The minimum Gasteiger partial charge on any atom is -0.361 e. The number of anilines is 2. The van der Waals surface area contributed by atoms with Gasteiger partial charge in [0.25, 0.3) is 0 Å². The van der Waals surface area contributed by atoms with E-state index in [1.165, 1.54) is 0 Å². The molecular formula is C12H20N4O. The summed E-state index contributed by atoms with van der Waals surface area (Å²) in [5.74, 6) is 0.629. The molecule has 0 spiro atoms. The predicted octanol–water partition coefficient (Wildman–Crippen LogP) is 1.07. The number of nitrogens with two attached hydrogens (primary N) is 1. The molecule has 5 nitrogen and oxygen atoms in total. The Morgan fingerprint density at radius 1 is 1.53 bits per heavy atom.